The summed E-state index contributed by atoms with van der Waals surface area (Å²) < 4.78 is 27.7. The Hall–Kier alpha value is -2.71. The second-order valence-electron chi connectivity index (χ2n) is 8.03. The lowest BCUT2D eigenvalue weighted by Gasteiger charge is -2.26. The van der Waals surface area contributed by atoms with Gasteiger partial charge in [-0.3, -0.25) is 9.59 Å². The second-order valence-corrected chi connectivity index (χ2v) is 9.94. The molecule has 0 unspecified atom stereocenters. The van der Waals surface area contributed by atoms with E-state index >= 15 is 0 Å². The van der Waals surface area contributed by atoms with Gasteiger partial charge in [-0.25, -0.2) is 8.42 Å². The fourth-order valence-electron chi connectivity index (χ4n) is 4.09. The average molecular weight is 442 g/mol. The molecule has 2 heterocycles. The number of rotatable bonds is 6. The number of carbonyl (C=O) groups excluding carboxylic acids is 2. The molecule has 2 saturated heterocycles. The van der Waals surface area contributed by atoms with Crippen LogP contribution in [-0.2, 0) is 21.4 Å². The van der Waals surface area contributed by atoms with Gasteiger partial charge in [-0.2, -0.15) is 4.31 Å². The van der Waals surface area contributed by atoms with Crippen molar-refractivity contribution in [3.63, 3.8) is 0 Å². The van der Waals surface area contributed by atoms with E-state index in [0.717, 1.165) is 37.8 Å². The predicted octanol–water partition coefficient (Wildman–Crippen LogP) is 3.24. The molecule has 2 amide bonds. The molecule has 2 aromatic rings. The van der Waals surface area contributed by atoms with Gasteiger partial charge in [0, 0.05) is 38.2 Å². The molecule has 0 aromatic heterocycles. The maximum absolute atomic E-state index is 13.1. The number of nitrogens with one attached hydrogen (secondary N) is 1. The molecule has 2 aliphatic heterocycles. The van der Waals surface area contributed by atoms with Crippen molar-refractivity contribution in [1.29, 1.82) is 0 Å². The lowest BCUT2D eigenvalue weighted by molar-refractivity contribution is -0.128. The summed E-state index contributed by atoms with van der Waals surface area (Å²) in [5, 5.41) is 2.76. The first-order valence-electron chi connectivity index (χ1n) is 10.7. The topological polar surface area (TPSA) is 86.8 Å². The molecule has 2 fully saturated rings. The van der Waals surface area contributed by atoms with Gasteiger partial charge in [-0.05, 0) is 49.1 Å². The molecular formula is C23H27N3O4S. The van der Waals surface area contributed by atoms with Crippen molar-refractivity contribution in [3.8, 4) is 0 Å². The molecule has 1 N–H and O–H groups in total. The lowest BCUT2D eigenvalue weighted by Crippen LogP contribution is -2.36. The number of benzene rings is 2. The van der Waals surface area contributed by atoms with Gasteiger partial charge in [0.05, 0.1) is 5.69 Å². The molecule has 0 saturated carbocycles. The quantitative estimate of drug-likeness (QED) is 0.746. The molecule has 0 spiro atoms. The van der Waals surface area contributed by atoms with E-state index in [1.165, 1.54) is 10.4 Å². The minimum Gasteiger partial charge on any atom is -0.338 e. The second kappa shape index (κ2) is 9.20. The van der Waals surface area contributed by atoms with Gasteiger partial charge in [-0.1, -0.05) is 30.7 Å². The number of hydrogen-bond donors (Lipinski definition) is 1. The highest BCUT2D eigenvalue weighted by molar-refractivity contribution is 7.89. The van der Waals surface area contributed by atoms with Gasteiger partial charge in [-0.15, -0.1) is 0 Å². The molecule has 31 heavy (non-hydrogen) atoms. The highest BCUT2D eigenvalue weighted by Gasteiger charge is 2.28. The first-order valence-corrected chi connectivity index (χ1v) is 12.2. The monoisotopic (exact) mass is 441 g/mol. The first kappa shape index (κ1) is 21.5. The largest absolute Gasteiger partial charge is 0.338 e. The van der Waals surface area contributed by atoms with E-state index in [9.17, 15) is 18.0 Å². The highest BCUT2D eigenvalue weighted by Crippen LogP contribution is 2.27. The Morgan fingerprint density at radius 2 is 1.61 bits per heavy atom. The predicted molar refractivity (Wildman–Crippen MR) is 118 cm³/mol. The third-order valence-corrected chi connectivity index (χ3v) is 7.79. The van der Waals surface area contributed by atoms with Crippen LogP contribution in [0.5, 0.6) is 0 Å². The molecule has 164 valence electrons. The Balaban J connectivity index is 1.48. The molecule has 2 aromatic carbocycles. The Morgan fingerprint density at radius 3 is 2.29 bits per heavy atom. The fraction of sp³-hybridized carbons (Fsp3) is 0.391. The molecule has 0 bridgehead atoms. The Labute approximate surface area is 183 Å². The van der Waals surface area contributed by atoms with E-state index in [0.29, 0.717) is 31.6 Å². The van der Waals surface area contributed by atoms with E-state index < -0.39 is 10.0 Å². The van der Waals surface area contributed by atoms with Crippen LogP contribution >= 0.6 is 0 Å². The van der Waals surface area contributed by atoms with Crippen LogP contribution < -0.4 is 5.32 Å². The van der Waals surface area contributed by atoms with Crippen LogP contribution in [-0.4, -0.2) is 49.1 Å². The molecule has 0 aliphatic carbocycles. The van der Waals surface area contributed by atoms with E-state index in [1.807, 2.05) is 17.0 Å². The van der Waals surface area contributed by atoms with Crippen molar-refractivity contribution in [2.45, 2.75) is 43.5 Å². The number of amides is 2. The standard InChI is InChI=1S/C23H27N3O4S/c27-22-9-6-14-25(22)17-18-10-12-19(13-11-18)23(28)24-20-7-2-3-8-21(20)31(29,30)26-15-4-1-5-16-26/h2-3,7-8,10-13H,1,4-6,9,14-17H2,(H,24,28). The number of hydrogen-bond acceptors (Lipinski definition) is 4. The number of sulfonamides is 1. The summed E-state index contributed by atoms with van der Waals surface area (Å²) >= 11 is 0. The summed E-state index contributed by atoms with van der Waals surface area (Å²) in [5.41, 5.74) is 1.67. The zero-order valence-corrected chi connectivity index (χ0v) is 18.2. The Kier molecular flexibility index (Phi) is 6.38. The van der Waals surface area contributed by atoms with E-state index in [-0.39, 0.29) is 22.4 Å². The van der Waals surface area contributed by atoms with Gasteiger partial charge in [0.1, 0.15) is 4.90 Å². The smallest absolute Gasteiger partial charge is 0.255 e. The van der Waals surface area contributed by atoms with Crippen LogP contribution in [0.2, 0.25) is 0 Å². The van der Waals surface area contributed by atoms with Crippen LogP contribution in [0.4, 0.5) is 5.69 Å². The normalized spacial score (nSPS) is 17.7. The molecule has 0 radical (unpaired) electrons. The number of anilines is 1. The van der Waals surface area contributed by atoms with Gasteiger partial charge >= 0.3 is 0 Å². The number of piperidine rings is 1. The van der Waals surface area contributed by atoms with Crippen LogP contribution in [0.15, 0.2) is 53.4 Å². The van der Waals surface area contributed by atoms with Crippen molar-refractivity contribution in [3.05, 3.63) is 59.7 Å². The summed E-state index contributed by atoms with van der Waals surface area (Å²) in [6.45, 7) is 2.32. The van der Waals surface area contributed by atoms with E-state index in [4.69, 9.17) is 0 Å². The summed E-state index contributed by atoms with van der Waals surface area (Å²) in [6, 6.07) is 13.6. The summed E-state index contributed by atoms with van der Waals surface area (Å²) in [7, 11) is -3.66. The minimum atomic E-state index is -3.66. The maximum Gasteiger partial charge on any atom is 0.255 e. The van der Waals surface area contributed by atoms with Crippen molar-refractivity contribution in [2.24, 2.45) is 0 Å². The van der Waals surface area contributed by atoms with Crippen LogP contribution in [0, 0.1) is 0 Å². The number of nitrogens with zero attached hydrogens (tertiary/aromatic N) is 2. The van der Waals surface area contributed by atoms with Crippen molar-refractivity contribution >= 4 is 27.5 Å². The average Bonchev–Trinajstić information content (AvgIpc) is 3.19. The van der Waals surface area contributed by atoms with Crippen molar-refractivity contribution in [1.82, 2.24) is 9.21 Å². The summed E-state index contributed by atoms with van der Waals surface area (Å²) in [4.78, 5) is 26.5. The highest BCUT2D eigenvalue weighted by atomic mass is 32.2. The van der Waals surface area contributed by atoms with Gasteiger partial charge in [0.15, 0.2) is 0 Å². The van der Waals surface area contributed by atoms with Gasteiger partial charge in [0.2, 0.25) is 15.9 Å². The molecular weight excluding hydrogens is 414 g/mol. The third kappa shape index (κ3) is 4.80. The molecule has 8 heteroatoms. The SMILES string of the molecule is O=C(Nc1ccccc1S(=O)(=O)N1CCCCC1)c1ccc(CN2CCCC2=O)cc1. The lowest BCUT2D eigenvalue weighted by atomic mass is 10.1. The fourth-order valence-corrected chi connectivity index (χ4v) is 5.75. The van der Waals surface area contributed by atoms with Crippen LogP contribution in [0.3, 0.4) is 0 Å². The van der Waals surface area contributed by atoms with E-state index in [2.05, 4.69) is 5.32 Å². The van der Waals surface area contributed by atoms with Gasteiger partial charge < -0.3 is 10.2 Å². The summed E-state index contributed by atoms with van der Waals surface area (Å²) in [5.74, 6) is -0.210. The number of carbonyl (C=O) groups is 2. The number of likely N-dealkylation sites (tertiary alicyclic amines) is 1. The Bertz CT molecular complexity index is 1060. The minimum absolute atomic E-state index is 0.120. The molecule has 7 nitrogen and oxygen atoms in total. The van der Waals surface area contributed by atoms with E-state index in [1.54, 1.807) is 30.3 Å². The zero-order chi connectivity index (χ0) is 21.8. The summed E-state index contributed by atoms with van der Waals surface area (Å²) in [6.07, 6.45) is 4.22. The van der Waals surface area contributed by atoms with Gasteiger partial charge in [0.25, 0.3) is 5.91 Å². The first-order chi connectivity index (χ1) is 14.9. The van der Waals surface area contributed by atoms with Crippen LogP contribution in [0.1, 0.15) is 48.0 Å². The molecule has 2 aliphatic rings. The third-order valence-electron chi connectivity index (χ3n) is 5.83. The Morgan fingerprint density at radius 1 is 0.903 bits per heavy atom. The maximum atomic E-state index is 13.1. The molecule has 4 rings (SSSR count). The van der Waals surface area contributed by atoms with Crippen LogP contribution in [0.25, 0.3) is 0 Å². The zero-order valence-electron chi connectivity index (χ0n) is 17.4. The number of para-hydroxylation sites is 1. The molecule has 0 atom stereocenters. The van der Waals surface area contributed by atoms with Crippen molar-refractivity contribution in [2.75, 3.05) is 25.0 Å². The van der Waals surface area contributed by atoms with Crippen molar-refractivity contribution < 1.29 is 18.0 Å².